The van der Waals surface area contributed by atoms with Crippen molar-refractivity contribution in [3.05, 3.63) is 95.1 Å². The maximum atomic E-state index is 13.2. The zero-order valence-electron chi connectivity index (χ0n) is 20.8. The summed E-state index contributed by atoms with van der Waals surface area (Å²) in [6.45, 7) is 4.41. The van der Waals surface area contributed by atoms with Crippen molar-refractivity contribution in [2.45, 2.75) is 13.5 Å². The highest BCUT2D eigenvalue weighted by atomic mass is 16.5. The molecule has 3 aromatic carbocycles. The molecule has 0 saturated heterocycles. The summed E-state index contributed by atoms with van der Waals surface area (Å²) in [5.41, 5.74) is 5.88. The van der Waals surface area contributed by atoms with E-state index in [1.807, 2.05) is 42.5 Å². The molecule has 0 radical (unpaired) electrons. The highest BCUT2D eigenvalue weighted by Crippen LogP contribution is 2.38. The highest BCUT2D eigenvalue weighted by molar-refractivity contribution is 6.37. The summed E-state index contributed by atoms with van der Waals surface area (Å²) in [4.78, 5) is 27.5. The van der Waals surface area contributed by atoms with E-state index in [9.17, 15) is 9.59 Å². The van der Waals surface area contributed by atoms with Crippen LogP contribution in [0.1, 0.15) is 34.0 Å². The number of fused-ring (bicyclic) bond motifs is 1. The molecule has 1 amide bonds. The Labute approximate surface area is 211 Å². The van der Waals surface area contributed by atoms with Crippen LogP contribution in [0.3, 0.4) is 0 Å². The van der Waals surface area contributed by atoms with Gasteiger partial charge in [-0.3, -0.25) is 9.69 Å². The smallest absolute Gasteiger partial charge is 0.338 e. The van der Waals surface area contributed by atoms with Crippen molar-refractivity contribution in [3.8, 4) is 0 Å². The number of methoxy groups -OCH3 is 1. The molecule has 0 saturated carbocycles. The van der Waals surface area contributed by atoms with E-state index >= 15 is 0 Å². The van der Waals surface area contributed by atoms with Crippen molar-refractivity contribution in [1.82, 2.24) is 4.90 Å². The van der Waals surface area contributed by atoms with Gasteiger partial charge in [-0.25, -0.2) is 4.79 Å². The van der Waals surface area contributed by atoms with Crippen LogP contribution < -0.4 is 10.6 Å². The number of amides is 1. The Morgan fingerprint density at radius 1 is 1.00 bits per heavy atom. The molecule has 0 fully saturated rings. The molecule has 1 aliphatic rings. The number of esters is 1. The zero-order chi connectivity index (χ0) is 25.5. The minimum atomic E-state index is -0.415. The Morgan fingerprint density at radius 3 is 2.44 bits per heavy atom. The van der Waals surface area contributed by atoms with E-state index in [1.54, 1.807) is 32.2 Å². The second kappa shape index (κ2) is 11.7. The zero-order valence-corrected chi connectivity index (χ0v) is 20.8. The van der Waals surface area contributed by atoms with Gasteiger partial charge in [0.15, 0.2) is 0 Å². The minimum Gasteiger partial charge on any atom is -0.462 e. The van der Waals surface area contributed by atoms with Gasteiger partial charge in [-0.1, -0.05) is 48.5 Å². The van der Waals surface area contributed by atoms with Crippen LogP contribution in [0.5, 0.6) is 0 Å². The van der Waals surface area contributed by atoms with Gasteiger partial charge in [-0.15, -0.1) is 0 Å². The molecule has 7 heteroatoms. The molecule has 0 spiro atoms. The van der Waals surface area contributed by atoms with Crippen molar-refractivity contribution in [2.75, 3.05) is 44.5 Å². The Hall–Kier alpha value is -3.94. The van der Waals surface area contributed by atoms with Gasteiger partial charge in [-0.05, 0) is 49.4 Å². The maximum absolute atomic E-state index is 13.2. The van der Waals surface area contributed by atoms with Crippen molar-refractivity contribution >= 4 is 34.5 Å². The molecule has 0 atom stereocenters. The fraction of sp³-hybridized carbons (Fsp3) is 0.241. The monoisotopic (exact) mass is 485 g/mol. The fourth-order valence-corrected chi connectivity index (χ4v) is 4.12. The van der Waals surface area contributed by atoms with Crippen LogP contribution in [0.25, 0.3) is 11.3 Å². The van der Waals surface area contributed by atoms with E-state index in [4.69, 9.17) is 9.47 Å². The van der Waals surface area contributed by atoms with E-state index in [-0.39, 0.29) is 12.5 Å². The number of anilines is 2. The van der Waals surface area contributed by atoms with Gasteiger partial charge in [0.05, 0.1) is 35.7 Å². The number of nitrogens with one attached hydrogen (secondary N) is 2. The second-order valence-corrected chi connectivity index (χ2v) is 8.60. The number of benzene rings is 3. The summed E-state index contributed by atoms with van der Waals surface area (Å²) < 4.78 is 10.3. The topological polar surface area (TPSA) is 79.9 Å². The number of rotatable bonds is 10. The summed E-state index contributed by atoms with van der Waals surface area (Å²) >= 11 is 0. The summed E-state index contributed by atoms with van der Waals surface area (Å²) in [6.07, 6.45) is 0. The van der Waals surface area contributed by atoms with E-state index in [0.717, 1.165) is 29.9 Å². The van der Waals surface area contributed by atoms with Gasteiger partial charge in [0.2, 0.25) is 0 Å². The molecule has 1 heterocycles. The first-order chi connectivity index (χ1) is 17.5. The first-order valence-corrected chi connectivity index (χ1v) is 12.0. The predicted molar refractivity (Wildman–Crippen MR) is 143 cm³/mol. The lowest BCUT2D eigenvalue weighted by molar-refractivity contribution is -0.110. The van der Waals surface area contributed by atoms with Gasteiger partial charge in [0, 0.05) is 31.5 Å². The number of carbonyl (C=O) groups excluding carboxylic acids is 2. The normalized spacial score (nSPS) is 13.8. The lowest BCUT2D eigenvalue weighted by Crippen LogP contribution is -2.22. The largest absolute Gasteiger partial charge is 0.462 e. The molecule has 36 heavy (non-hydrogen) atoms. The third kappa shape index (κ3) is 5.82. The lowest BCUT2D eigenvalue weighted by Gasteiger charge is -2.17. The number of hydrogen-bond donors (Lipinski definition) is 2. The average Bonchev–Trinajstić information content (AvgIpc) is 3.22. The van der Waals surface area contributed by atoms with Crippen LogP contribution >= 0.6 is 0 Å². The van der Waals surface area contributed by atoms with Crippen molar-refractivity contribution in [1.29, 1.82) is 0 Å². The van der Waals surface area contributed by atoms with E-state index in [0.29, 0.717) is 29.1 Å². The van der Waals surface area contributed by atoms with Crippen molar-refractivity contribution in [3.63, 3.8) is 0 Å². The maximum Gasteiger partial charge on any atom is 0.338 e. The Kier molecular flexibility index (Phi) is 8.15. The van der Waals surface area contributed by atoms with Gasteiger partial charge < -0.3 is 20.1 Å². The molecule has 3 aromatic rings. The van der Waals surface area contributed by atoms with Crippen molar-refractivity contribution < 1.29 is 19.1 Å². The van der Waals surface area contributed by atoms with E-state index in [1.165, 1.54) is 5.56 Å². The van der Waals surface area contributed by atoms with Crippen LogP contribution in [-0.2, 0) is 20.8 Å². The second-order valence-electron chi connectivity index (χ2n) is 8.60. The van der Waals surface area contributed by atoms with Crippen LogP contribution in [0.4, 0.5) is 11.4 Å². The third-order valence-corrected chi connectivity index (χ3v) is 5.94. The van der Waals surface area contributed by atoms with Crippen LogP contribution in [0.15, 0.2) is 72.8 Å². The minimum absolute atomic E-state index is 0.228. The standard InChI is InChI=1S/C29H31N3O4/c1-4-36-29(34)22-12-15-24-25(18-22)31-28(33)26(24)27(21-8-6-5-7-9-21)30-23-13-10-20(11-14-23)19-32(2)16-17-35-3/h5-15,18,30H,4,16-17,19H2,1-3H3,(H,31,33)/b27-26-. The van der Waals surface area contributed by atoms with Gasteiger partial charge in [0.25, 0.3) is 5.91 Å². The molecular formula is C29H31N3O4. The summed E-state index contributed by atoms with van der Waals surface area (Å²) in [5, 5.41) is 6.38. The fourth-order valence-electron chi connectivity index (χ4n) is 4.12. The van der Waals surface area contributed by atoms with E-state index < -0.39 is 5.97 Å². The summed E-state index contributed by atoms with van der Waals surface area (Å²) in [7, 11) is 3.77. The van der Waals surface area contributed by atoms with Gasteiger partial charge in [-0.2, -0.15) is 0 Å². The molecule has 2 N–H and O–H groups in total. The first kappa shape index (κ1) is 25.2. The molecule has 7 nitrogen and oxygen atoms in total. The SMILES string of the molecule is CCOC(=O)c1ccc2c(c1)NC(=O)/C2=C(\Nc1ccc(CN(C)CCOC)cc1)c1ccccc1. The Bertz CT molecular complexity index is 1250. The molecular weight excluding hydrogens is 454 g/mol. The Morgan fingerprint density at radius 2 is 1.75 bits per heavy atom. The first-order valence-electron chi connectivity index (χ1n) is 12.0. The molecule has 0 aliphatic carbocycles. The number of carbonyl (C=O) groups is 2. The molecule has 4 rings (SSSR count). The summed E-state index contributed by atoms with van der Waals surface area (Å²) in [5.74, 6) is -0.643. The highest BCUT2D eigenvalue weighted by Gasteiger charge is 2.29. The van der Waals surface area contributed by atoms with Crippen LogP contribution in [0, 0.1) is 0 Å². The number of nitrogens with zero attached hydrogens (tertiary/aromatic N) is 1. The van der Waals surface area contributed by atoms with E-state index in [2.05, 4.69) is 34.7 Å². The molecule has 186 valence electrons. The van der Waals surface area contributed by atoms with Crippen LogP contribution in [0.2, 0.25) is 0 Å². The molecule has 0 unspecified atom stereocenters. The Balaban J connectivity index is 1.66. The molecule has 1 aliphatic heterocycles. The average molecular weight is 486 g/mol. The number of ether oxygens (including phenoxy) is 2. The molecule has 0 aromatic heterocycles. The number of hydrogen-bond acceptors (Lipinski definition) is 6. The van der Waals surface area contributed by atoms with Gasteiger partial charge in [0.1, 0.15) is 0 Å². The van der Waals surface area contributed by atoms with Crippen LogP contribution in [-0.4, -0.2) is 50.7 Å². The predicted octanol–water partition coefficient (Wildman–Crippen LogP) is 4.87. The van der Waals surface area contributed by atoms with Gasteiger partial charge >= 0.3 is 5.97 Å². The number of likely N-dealkylation sites (N-methyl/N-ethyl adjacent to an activating group) is 1. The molecule has 0 bridgehead atoms. The van der Waals surface area contributed by atoms with Crippen molar-refractivity contribution in [2.24, 2.45) is 0 Å². The lowest BCUT2D eigenvalue weighted by atomic mass is 9.99. The summed E-state index contributed by atoms with van der Waals surface area (Å²) in [6, 6.07) is 23.1. The quantitative estimate of drug-likeness (QED) is 0.315. The third-order valence-electron chi connectivity index (χ3n) is 5.94.